The fourth-order valence-corrected chi connectivity index (χ4v) is 1.86. The molecule has 0 N–H and O–H groups in total. The van der Waals surface area contributed by atoms with Gasteiger partial charge in [-0.1, -0.05) is 21.2 Å². The van der Waals surface area contributed by atoms with E-state index in [9.17, 15) is 4.79 Å². The first kappa shape index (κ1) is 12.0. The van der Waals surface area contributed by atoms with Gasteiger partial charge < -0.3 is 9.26 Å². The van der Waals surface area contributed by atoms with Crippen molar-refractivity contribution in [1.82, 2.24) is 14.7 Å². The molecule has 2 aromatic heterocycles. The summed E-state index contributed by atoms with van der Waals surface area (Å²) in [6, 6.07) is 0. The number of ether oxygens (including phenoxy) is 1. The third kappa shape index (κ3) is 2.45. The quantitative estimate of drug-likeness (QED) is 0.798. The predicted molar refractivity (Wildman–Crippen MR) is 60.0 cm³/mol. The largest absolute Gasteiger partial charge is 0.455 e. The first-order chi connectivity index (χ1) is 8.09. The van der Waals surface area contributed by atoms with Gasteiger partial charge in [-0.25, -0.2) is 4.79 Å². The van der Waals surface area contributed by atoms with Crippen LogP contribution in [0.15, 0.2) is 4.52 Å². The molecule has 2 aromatic rings. The number of aromatic nitrogens is 3. The third-order valence-corrected chi connectivity index (χ3v) is 3.07. The van der Waals surface area contributed by atoms with Gasteiger partial charge in [0.25, 0.3) is 0 Å². The van der Waals surface area contributed by atoms with Crippen molar-refractivity contribution in [3.8, 4) is 0 Å². The van der Waals surface area contributed by atoms with E-state index in [1.54, 1.807) is 13.8 Å². The van der Waals surface area contributed by atoms with Crippen molar-refractivity contribution in [2.75, 3.05) is 0 Å². The van der Waals surface area contributed by atoms with Gasteiger partial charge in [0.05, 0.1) is 5.69 Å². The number of aryl methyl sites for hydroxylation is 2. The highest BCUT2D eigenvalue weighted by Gasteiger charge is 2.19. The maximum Gasteiger partial charge on any atom is 0.344 e. The number of esters is 1. The summed E-state index contributed by atoms with van der Waals surface area (Å²) in [6.45, 7) is 3.30. The summed E-state index contributed by atoms with van der Waals surface area (Å²) in [5.74, 6) is -0.0830. The lowest BCUT2D eigenvalue weighted by molar-refractivity contribution is 0.0465. The molecule has 0 amide bonds. The van der Waals surface area contributed by atoms with E-state index in [0.29, 0.717) is 27.0 Å². The summed E-state index contributed by atoms with van der Waals surface area (Å²) >= 11 is 6.82. The van der Waals surface area contributed by atoms with Gasteiger partial charge >= 0.3 is 5.97 Å². The van der Waals surface area contributed by atoms with Crippen LogP contribution in [-0.4, -0.2) is 20.7 Å². The molecule has 2 rings (SSSR count). The lowest BCUT2D eigenvalue weighted by Gasteiger charge is -2.01. The Morgan fingerprint density at radius 1 is 1.53 bits per heavy atom. The molecule has 0 fully saturated rings. The maximum absolute atomic E-state index is 11.7. The molecule has 8 heteroatoms. The molecule has 0 aliphatic heterocycles. The van der Waals surface area contributed by atoms with Crippen LogP contribution < -0.4 is 0 Å². The van der Waals surface area contributed by atoms with Gasteiger partial charge in [-0.2, -0.15) is 0 Å². The van der Waals surface area contributed by atoms with Crippen LogP contribution in [0.4, 0.5) is 0 Å². The molecule has 0 bridgehead atoms. The van der Waals surface area contributed by atoms with Crippen molar-refractivity contribution in [1.29, 1.82) is 0 Å². The van der Waals surface area contributed by atoms with E-state index in [1.165, 1.54) is 0 Å². The van der Waals surface area contributed by atoms with Crippen molar-refractivity contribution in [3.63, 3.8) is 0 Å². The number of rotatable bonds is 3. The van der Waals surface area contributed by atoms with Crippen LogP contribution in [0.5, 0.6) is 0 Å². The van der Waals surface area contributed by atoms with E-state index in [2.05, 4.69) is 14.7 Å². The Morgan fingerprint density at radius 3 is 2.82 bits per heavy atom. The summed E-state index contributed by atoms with van der Waals surface area (Å²) in [5, 5.41) is 7.41. The van der Waals surface area contributed by atoms with Crippen molar-refractivity contribution < 1.29 is 14.1 Å². The van der Waals surface area contributed by atoms with Crippen molar-refractivity contribution in [2.45, 2.75) is 20.5 Å². The van der Waals surface area contributed by atoms with Gasteiger partial charge in [0.2, 0.25) is 0 Å². The van der Waals surface area contributed by atoms with E-state index >= 15 is 0 Å². The number of hydrogen-bond donors (Lipinski definition) is 0. The molecule has 0 aromatic carbocycles. The summed E-state index contributed by atoms with van der Waals surface area (Å²) in [5.41, 5.74) is 1.27. The number of halogens is 1. The zero-order chi connectivity index (χ0) is 12.4. The molecule has 0 saturated carbocycles. The zero-order valence-electron chi connectivity index (χ0n) is 9.06. The Kier molecular flexibility index (Phi) is 3.39. The highest BCUT2D eigenvalue weighted by molar-refractivity contribution is 7.10. The first-order valence-corrected chi connectivity index (χ1v) is 5.81. The van der Waals surface area contributed by atoms with E-state index in [1.807, 2.05) is 0 Å². The molecular weight excluding hydrogens is 266 g/mol. The van der Waals surface area contributed by atoms with E-state index in [-0.39, 0.29) is 6.61 Å². The number of hydrogen-bond acceptors (Lipinski definition) is 7. The maximum atomic E-state index is 11.7. The Morgan fingerprint density at radius 2 is 2.29 bits per heavy atom. The van der Waals surface area contributed by atoms with Crippen molar-refractivity contribution in [3.05, 3.63) is 27.0 Å². The van der Waals surface area contributed by atoms with E-state index in [0.717, 1.165) is 11.5 Å². The molecule has 2 heterocycles. The molecule has 0 spiro atoms. The van der Waals surface area contributed by atoms with Crippen molar-refractivity contribution in [2.24, 2.45) is 0 Å². The van der Waals surface area contributed by atoms with Crippen LogP contribution in [0.3, 0.4) is 0 Å². The second-order valence-electron chi connectivity index (χ2n) is 3.27. The van der Waals surface area contributed by atoms with Gasteiger partial charge in [0, 0.05) is 11.5 Å². The van der Waals surface area contributed by atoms with Crippen LogP contribution >= 0.6 is 23.1 Å². The van der Waals surface area contributed by atoms with E-state index in [4.69, 9.17) is 20.9 Å². The number of carbonyl (C=O) groups is 1. The van der Waals surface area contributed by atoms with Crippen LogP contribution in [-0.2, 0) is 11.3 Å². The summed E-state index contributed by atoms with van der Waals surface area (Å²) < 4.78 is 14.0. The Labute approximate surface area is 106 Å². The average molecular weight is 274 g/mol. The standard InChI is InChI=1S/C9H8ClN3O3S/c1-4-7(5(2)16-12-4)9(14)15-3-6-8(10)17-13-11-6/h3H2,1-2H3. The summed E-state index contributed by atoms with van der Waals surface area (Å²) in [7, 11) is 0. The number of carbonyl (C=O) groups excluding carboxylic acids is 1. The molecule has 6 nitrogen and oxygen atoms in total. The molecule has 0 aliphatic carbocycles. The first-order valence-electron chi connectivity index (χ1n) is 4.66. The normalized spacial score (nSPS) is 10.5. The Bertz CT molecular complexity index is 532. The van der Waals surface area contributed by atoms with Gasteiger partial charge in [0.1, 0.15) is 28.0 Å². The molecule has 90 valence electrons. The minimum atomic E-state index is -0.509. The SMILES string of the molecule is Cc1noc(C)c1C(=O)OCc1nnsc1Cl. The molecule has 0 aliphatic rings. The minimum Gasteiger partial charge on any atom is -0.455 e. The third-order valence-electron chi connectivity index (χ3n) is 2.09. The minimum absolute atomic E-state index is 0.0156. The van der Waals surface area contributed by atoms with Gasteiger partial charge in [-0.15, -0.1) is 5.10 Å². The zero-order valence-corrected chi connectivity index (χ0v) is 10.6. The second kappa shape index (κ2) is 4.80. The fourth-order valence-electron chi connectivity index (χ4n) is 1.26. The fraction of sp³-hybridized carbons (Fsp3) is 0.333. The van der Waals surface area contributed by atoms with Crippen LogP contribution in [0.1, 0.15) is 27.5 Å². The van der Waals surface area contributed by atoms with Crippen LogP contribution in [0, 0.1) is 13.8 Å². The lowest BCUT2D eigenvalue weighted by atomic mass is 10.2. The van der Waals surface area contributed by atoms with Gasteiger partial charge in [0.15, 0.2) is 0 Å². The van der Waals surface area contributed by atoms with Crippen molar-refractivity contribution >= 4 is 29.1 Å². The summed E-state index contributed by atoms with van der Waals surface area (Å²) in [6.07, 6.45) is 0. The highest BCUT2D eigenvalue weighted by Crippen LogP contribution is 2.19. The monoisotopic (exact) mass is 273 g/mol. The molecule has 0 unspecified atom stereocenters. The lowest BCUT2D eigenvalue weighted by Crippen LogP contribution is -2.07. The average Bonchev–Trinajstić information content (AvgIpc) is 2.83. The van der Waals surface area contributed by atoms with Gasteiger partial charge in [-0.3, -0.25) is 0 Å². The smallest absolute Gasteiger partial charge is 0.344 e. The number of nitrogens with zero attached hydrogens (tertiary/aromatic N) is 3. The van der Waals surface area contributed by atoms with Crippen LogP contribution in [0.2, 0.25) is 4.34 Å². The predicted octanol–water partition coefficient (Wildman–Crippen LogP) is 2.15. The highest BCUT2D eigenvalue weighted by atomic mass is 35.5. The Hall–Kier alpha value is -1.47. The van der Waals surface area contributed by atoms with Crippen LogP contribution in [0.25, 0.3) is 0 Å². The molecule has 0 atom stereocenters. The molecule has 0 radical (unpaired) electrons. The van der Waals surface area contributed by atoms with Gasteiger partial charge in [-0.05, 0) is 13.8 Å². The van der Waals surface area contributed by atoms with E-state index < -0.39 is 5.97 Å². The molecule has 17 heavy (non-hydrogen) atoms. The Balaban J connectivity index is 2.06. The molecule has 0 saturated heterocycles. The topological polar surface area (TPSA) is 78.1 Å². The molecular formula is C9H8ClN3O3S. The summed E-state index contributed by atoms with van der Waals surface area (Å²) in [4.78, 5) is 11.7. The second-order valence-corrected chi connectivity index (χ2v) is 4.62.